The molecule has 0 amide bonds. The molecule has 1 nitrogen and oxygen atoms in total. The predicted octanol–water partition coefficient (Wildman–Crippen LogP) is 5.53. The van der Waals surface area contributed by atoms with E-state index in [0.717, 1.165) is 6.42 Å². The molecule has 0 aromatic heterocycles. The van der Waals surface area contributed by atoms with Crippen molar-refractivity contribution in [2.75, 3.05) is 0 Å². The van der Waals surface area contributed by atoms with E-state index in [9.17, 15) is 0 Å². The van der Waals surface area contributed by atoms with Crippen LogP contribution in [0.3, 0.4) is 0 Å². The van der Waals surface area contributed by atoms with E-state index in [1.54, 1.807) is 0 Å². The fraction of sp³-hybridized carbons (Fsp3) is 0.280. The molecule has 0 aliphatic rings. The Morgan fingerprint density at radius 1 is 0.667 bits per heavy atom. The van der Waals surface area contributed by atoms with Gasteiger partial charge in [-0.25, -0.2) is 0 Å². The van der Waals surface area contributed by atoms with E-state index in [1.165, 1.54) is 15.9 Å². The van der Waals surface area contributed by atoms with Gasteiger partial charge >= 0.3 is 0 Å². The van der Waals surface area contributed by atoms with Crippen LogP contribution in [0.4, 0.5) is 0 Å². The summed E-state index contributed by atoms with van der Waals surface area (Å²) in [6.45, 7) is 8.72. The van der Waals surface area contributed by atoms with Crippen LogP contribution in [0.2, 0.25) is 0 Å². The predicted molar refractivity (Wildman–Crippen MR) is 120 cm³/mol. The average molecular weight is 377 g/mol. The highest BCUT2D eigenvalue weighted by atomic mass is 31.2. The Hall–Kier alpha value is -1.95. The van der Waals surface area contributed by atoms with Crippen molar-refractivity contribution in [3.63, 3.8) is 0 Å². The van der Waals surface area contributed by atoms with E-state index >= 15 is 0 Å². The minimum Gasteiger partial charge on any atom is -0.337 e. The van der Waals surface area contributed by atoms with Crippen LogP contribution in [0.15, 0.2) is 91.0 Å². The van der Waals surface area contributed by atoms with Crippen LogP contribution in [0.25, 0.3) is 0 Å². The highest BCUT2D eigenvalue weighted by Crippen LogP contribution is 2.61. The molecule has 0 radical (unpaired) electrons. The third kappa shape index (κ3) is 4.15. The fourth-order valence-electron chi connectivity index (χ4n) is 3.78. The highest BCUT2D eigenvalue weighted by Gasteiger charge is 2.53. The minimum atomic E-state index is -1.98. The number of rotatable bonds is 6. The summed E-state index contributed by atoms with van der Waals surface area (Å²) in [5.74, 6) is 0.115. The molecule has 27 heavy (non-hydrogen) atoms. The lowest BCUT2D eigenvalue weighted by molar-refractivity contribution is -0.0228. The van der Waals surface area contributed by atoms with Gasteiger partial charge in [-0.2, -0.15) is 0 Å². The molecule has 0 saturated carbocycles. The van der Waals surface area contributed by atoms with E-state index < -0.39 is 7.26 Å². The maximum absolute atomic E-state index is 6.77. The first-order valence-electron chi connectivity index (χ1n) is 9.72. The van der Waals surface area contributed by atoms with Crippen LogP contribution in [0, 0.1) is 0 Å². The van der Waals surface area contributed by atoms with Crippen LogP contribution >= 0.6 is 7.26 Å². The summed E-state index contributed by atoms with van der Waals surface area (Å²) >= 11 is 0. The van der Waals surface area contributed by atoms with Gasteiger partial charge in [0.2, 0.25) is 0 Å². The van der Waals surface area contributed by atoms with Crippen molar-refractivity contribution >= 4 is 23.2 Å². The van der Waals surface area contributed by atoms with E-state index in [2.05, 4.69) is 119 Å². The first kappa shape index (κ1) is 19.8. The molecule has 140 valence electrons. The Kier molecular flexibility index (Phi) is 6.15. The van der Waals surface area contributed by atoms with Gasteiger partial charge in [-0.3, -0.25) is 0 Å². The Morgan fingerprint density at radius 3 is 1.26 bits per heavy atom. The topological polar surface area (TPSA) is 9.23 Å². The molecule has 0 bridgehead atoms. The minimum absolute atomic E-state index is 0.115. The lowest BCUT2D eigenvalue weighted by atomic mass is 10.2. The summed E-state index contributed by atoms with van der Waals surface area (Å²) in [5, 5.41) is 4.12. The average Bonchev–Trinajstić information content (AvgIpc) is 2.69. The second-order valence-corrected chi connectivity index (χ2v) is 11.4. The van der Waals surface area contributed by atoms with Gasteiger partial charge in [-0.15, -0.1) is 0 Å². The largest absolute Gasteiger partial charge is 0.337 e. The lowest BCUT2D eigenvalue weighted by Gasteiger charge is -2.37. The van der Waals surface area contributed by atoms with Crippen LogP contribution in [0.5, 0.6) is 0 Å². The second kappa shape index (κ2) is 8.38. The Balaban J connectivity index is 2.35. The molecular formula is C25H30OP+. The smallest absolute Gasteiger partial charge is 0.181 e. The Labute approximate surface area is 164 Å². The zero-order chi connectivity index (χ0) is 19.3. The molecule has 0 spiro atoms. The zero-order valence-electron chi connectivity index (χ0n) is 16.8. The van der Waals surface area contributed by atoms with Crippen LogP contribution < -0.4 is 15.9 Å². The van der Waals surface area contributed by atoms with Gasteiger partial charge in [0.1, 0.15) is 23.2 Å². The summed E-state index contributed by atoms with van der Waals surface area (Å²) in [6.07, 6.45) is 0.962. The van der Waals surface area contributed by atoms with Crippen LogP contribution in [0.1, 0.15) is 34.1 Å². The van der Waals surface area contributed by atoms with E-state index in [4.69, 9.17) is 4.74 Å². The summed E-state index contributed by atoms with van der Waals surface area (Å²) in [6, 6.07) is 32.9. The van der Waals surface area contributed by atoms with E-state index in [0.29, 0.717) is 0 Å². The number of hydrogen-bond donors (Lipinski definition) is 0. The quantitative estimate of drug-likeness (QED) is 0.513. The third-order valence-corrected chi connectivity index (χ3v) is 9.43. The highest BCUT2D eigenvalue weighted by molar-refractivity contribution is 7.96. The molecule has 0 saturated heterocycles. The van der Waals surface area contributed by atoms with E-state index in [-0.39, 0.29) is 11.4 Å². The lowest BCUT2D eigenvalue weighted by Crippen LogP contribution is -2.42. The molecule has 3 rings (SSSR count). The van der Waals surface area contributed by atoms with Gasteiger partial charge in [0.15, 0.2) is 5.85 Å². The maximum Gasteiger partial charge on any atom is 0.181 e. The fourth-order valence-corrected chi connectivity index (χ4v) is 8.62. The van der Waals surface area contributed by atoms with E-state index in [1.807, 2.05) is 0 Å². The van der Waals surface area contributed by atoms with Gasteiger partial charge in [0.05, 0.1) is 5.60 Å². The zero-order valence-corrected chi connectivity index (χ0v) is 17.7. The molecular weight excluding hydrogens is 347 g/mol. The first-order valence-corrected chi connectivity index (χ1v) is 11.6. The normalized spacial score (nSPS) is 13.3. The van der Waals surface area contributed by atoms with Gasteiger partial charge in [0, 0.05) is 6.42 Å². The second-order valence-electron chi connectivity index (χ2n) is 7.82. The van der Waals surface area contributed by atoms with Crippen LogP contribution in [-0.2, 0) is 4.74 Å². The molecule has 0 heterocycles. The third-order valence-electron chi connectivity index (χ3n) is 4.76. The molecule has 2 heteroatoms. The summed E-state index contributed by atoms with van der Waals surface area (Å²) in [4.78, 5) is 0. The standard InChI is InChI=1S/C25H30OP/c1-5-24(26-25(2,3)4)27(21-15-9-6-10-16-21,22-17-11-7-12-18-22)23-19-13-8-14-20-23/h6-20,24H,5H2,1-4H3/q+1. The number of ether oxygens (including phenoxy) is 1. The van der Waals surface area contributed by atoms with Crippen molar-refractivity contribution in [1.82, 2.24) is 0 Å². The summed E-state index contributed by atoms with van der Waals surface area (Å²) in [7, 11) is -1.98. The van der Waals surface area contributed by atoms with Crippen LogP contribution in [-0.4, -0.2) is 11.4 Å². The van der Waals surface area contributed by atoms with Crippen molar-refractivity contribution in [1.29, 1.82) is 0 Å². The molecule has 0 aliphatic carbocycles. The van der Waals surface area contributed by atoms with Crippen molar-refractivity contribution < 1.29 is 4.74 Å². The molecule has 0 fully saturated rings. The number of benzene rings is 3. The SMILES string of the molecule is CCC(OC(C)(C)C)[P+](c1ccccc1)(c1ccccc1)c1ccccc1. The van der Waals surface area contributed by atoms with Gasteiger partial charge in [-0.05, 0) is 57.2 Å². The van der Waals surface area contributed by atoms with Gasteiger partial charge < -0.3 is 4.74 Å². The Morgan fingerprint density at radius 2 is 1.00 bits per heavy atom. The monoisotopic (exact) mass is 377 g/mol. The van der Waals surface area contributed by atoms with Crippen molar-refractivity contribution in [3.8, 4) is 0 Å². The molecule has 3 aromatic rings. The Bertz CT molecular complexity index is 726. The maximum atomic E-state index is 6.77. The molecule has 3 aromatic carbocycles. The van der Waals surface area contributed by atoms with Crippen molar-refractivity contribution in [2.24, 2.45) is 0 Å². The molecule has 0 aliphatic heterocycles. The molecule has 1 unspecified atom stereocenters. The molecule has 0 N–H and O–H groups in total. The van der Waals surface area contributed by atoms with Gasteiger partial charge in [0.25, 0.3) is 0 Å². The summed E-state index contributed by atoms with van der Waals surface area (Å²) in [5.41, 5.74) is -0.204. The first-order chi connectivity index (χ1) is 13.0. The van der Waals surface area contributed by atoms with Crippen molar-refractivity contribution in [2.45, 2.75) is 45.6 Å². The number of hydrogen-bond acceptors (Lipinski definition) is 1. The van der Waals surface area contributed by atoms with Gasteiger partial charge in [-0.1, -0.05) is 61.5 Å². The summed E-state index contributed by atoms with van der Waals surface area (Å²) < 4.78 is 6.77. The van der Waals surface area contributed by atoms with Crippen molar-refractivity contribution in [3.05, 3.63) is 91.0 Å². The molecule has 1 atom stereocenters.